The van der Waals surface area contributed by atoms with Gasteiger partial charge in [0.2, 0.25) is 0 Å². The molecule has 2 nitrogen and oxygen atoms in total. The topological polar surface area (TPSA) is 18.5 Å². The van der Waals surface area contributed by atoms with Gasteiger partial charge in [0.1, 0.15) is 11.5 Å². The van der Waals surface area contributed by atoms with Crippen LogP contribution in [0.2, 0.25) is 0 Å². The van der Waals surface area contributed by atoms with Crippen molar-refractivity contribution < 1.29 is 9.05 Å². The summed E-state index contributed by atoms with van der Waals surface area (Å²) >= 11 is 0. The van der Waals surface area contributed by atoms with Gasteiger partial charge in [0.05, 0.1) is 5.30 Å². The van der Waals surface area contributed by atoms with Gasteiger partial charge in [-0.3, -0.25) is 0 Å². The quantitative estimate of drug-likeness (QED) is 0.353. The van der Waals surface area contributed by atoms with Gasteiger partial charge in [-0.1, -0.05) is 111 Å². The summed E-state index contributed by atoms with van der Waals surface area (Å²) in [6.07, 6.45) is 0. The van der Waals surface area contributed by atoms with Crippen molar-refractivity contribution in [3.63, 3.8) is 0 Å². The normalized spacial score (nSPS) is 12.7. The lowest BCUT2D eigenvalue weighted by molar-refractivity contribution is 0.469. The lowest BCUT2D eigenvalue weighted by atomic mass is 9.86. The number of rotatable bonds is 5. The van der Waals surface area contributed by atoms with E-state index >= 15 is 0 Å². The second-order valence-corrected chi connectivity index (χ2v) is 13.1. The molecule has 3 heteroatoms. The zero-order valence-electron chi connectivity index (χ0n) is 21.7. The fourth-order valence-electron chi connectivity index (χ4n) is 3.72. The predicted molar refractivity (Wildman–Crippen MR) is 143 cm³/mol. The summed E-state index contributed by atoms with van der Waals surface area (Å²) in [4.78, 5) is 0. The van der Waals surface area contributed by atoms with Crippen LogP contribution in [0.15, 0.2) is 72.8 Å². The highest BCUT2D eigenvalue weighted by molar-refractivity contribution is 7.56. The minimum atomic E-state index is -1.38. The van der Waals surface area contributed by atoms with E-state index in [1.54, 1.807) is 0 Å². The molecule has 0 atom stereocenters. The Balaban J connectivity index is 2.06. The monoisotopic (exact) mass is 462 g/mol. The molecular formula is C30H39O2P. The summed E-state index contributed by atoms with van der Waals surface area (Å²) in [5, 5.41) is 1.06. The number of benzene rings is 3. The fourth-order valence-corrected chi connectivity index (χ4v) is 5.03. The summed E-state index contributed by atoms with van der Waals surface area (Å²) in [5.41, 5.74) is 3.69. The molecule has 0 aliphatic carbocycles. The second-order valence-electron chi connectivity index (χ2n) is 11.7. The summed E-state index contributed by atoms with van der Waals surface area (Å²) in [5.74, 6) is 1.76. The third-order valence-electron chi connectivity index (χ3n) is 5.70. The molecule has 0 spiro atoms. The zero-order chi connectivity index (χ0) is 24.4. The van der Waals surface area contributed by atoms with Gasteiger partial charge in [0.25, 0.3) is 0 Å². The van der Waals surface area contributed by atoms with Gasteiger partial charge in [-0.05, 0) is 57.2 Å². The maximum Gasteiger partial charge on any atom is 0.326 e. The molecule has 0 N–H and O–H groups in total. The average molecular weight is 463 g/mol. The molecule has 0 unspecified atom stereocenters. The molecular weight excluding hydrogens is 423 g/mol. The van der Waals surface area contributed by atoms with E-state index < -0.39 is 8.38 Å². The minimum Gasteiger partial charge on any atom is -0.435 e. The van der Waals surface area contributed by atoms with Crippen LogP contribution in [0, 0.1) is 0 Å². The highest BCUT2D eigenvalue weighted by Crippen LogP contribution is 2.45. The zero-order valence-corrected chi connectivity index (χ0v) is 22.6. The third-order valence-corrected chi connectivity index (χ3v) is 7.14. The molecule has 176 valence electrons. The molecule has 33 heavy (non-hydrogen) atoms. The second kappa shape index (κ2) is 9.51. The Hall–Kier alpha value is -2.31. The Morgan fingerprint density at radius 2 is 0.879 bits per heavy atom. The molecule has 0 saturated heterocycles. The molecule has 0 bridgehead atoms. The van der Waals surface area contributed by atoms with Gasteiger partial charge >= 0.3 is 8.38 Å². The van der Waals surface area contributed by atoms with Crippen LogP contribution in [0.4, 0.5) is 0 Å². The molecule has 0 saturated carbocycles. The SMILES string of the molecule is CC(C)(C)c1ccc(P(Oc2ccccc2C(C)(C)C)Oc2ccccc2C(C)(C)C)cc1. The van der Waals surface area contributed by atoms with Gasteiger partial charge < -0.3 is 9.05 Å². The van der Waals surface area contributed by atoms with Crippen molar-refractivity contribution in [2.24, 2.45) is 0 Å². The number of para-hydroxylation sites is 2. The predicted octanol–water partition coefficient (Wildman–Crippen LogP) is 8.67. The molecule has 0 amide bonds. The maximum atomic E-state index is 6.70. The molecule has 3 aromatic rings. The van der Waals surface area contributed by atoms with Crippen molar-refractivity contribution in [3.8, 4) is 11.5 Å². The van der Waals surface area contributed by atoms with E-state index in [1.165, 1.54) is 16.7 Å². The summed E-state index contributed by atoms with van der Waals surface area (Å²) in [6, 6.07) is 25.3. The molecule has 3 aromatic carbocycles. The first-order valence-electron chi connectivity index (χ1n) is 11.7. The first kappa shape index (κ1) is 25.3. The van der Waals surface area contributed by atoms with Crippen molar-refractivity contribution in [2.75, 3.05) is 0 Å². The van der Waals surface area contributed by atoms with Crippen LogP contribution in [0.5, 0.6) is 11.5 Å². The largest absolute Gasteiger partial charge is 0.435 e. The first-order valence-corrected chi connectivity index (χ1v) is 12.9. The van der Waals surface area contributed by atoms with Crippen molar-refractivity contribution >= 4 is 13.7 Å². The summed E-state index contributed by atoms with van der Waals surface area (Å²) < 4.78 is 13.4. The van der Waals surface area contributed by atoms with Crippen LogP contribution in [0.3, 0.4) is 0 Å². The highest BCUT2D eigenvalue weighted by atomic mass is 31.2. The van der Waals surface area contributed by atoms with Crippen molar-refractivity contribution in [2.45, 2.75) is 78.6 Å². The van der Waals surface area contributed by atoms with Gasteiger partial charge in [0.15, 0.2) is 0 Å². The van der Waals surface area contributed by atoms with Crippen molar-refractivity contribution in [1.82, 2.24) is 0 Å². The minimum absolute atomic E-state index is 0.0307. The molecule has 0 heterocycles. The smallest absolute Gasteiger partial charge is 0.326 e. The van der Waals surface area contributed by atoms with Crippen LogP contribution in [0.25, 0.3) is 0 Å². The maximum absolute atomic E-state index is 6.70. The Bertz CT molecular complexity index is 1000. The third kappa shape index (κ3) is 6.39. The van der Waals surface area contributed by atoms with Crippen LogP contribution in [0.1, 0.15) is 79.0 Å². The molecule has 0 aromatic heterocycles. The van der Waals surface area contributed by atoms with Crippen LogP contribution < -0.4 is 14.4 Å². The first-order chi connectivity index (χ1) is 15.3. The molecule has 0 radical (unpaired) electrons. The molecule has 0 fully saturated rings. The van der Waals surface area contributed by atoms with E-state index in [9.17, 15) is 0 Å². The number of hydrogen-bond acceptors (Lipinski definition) is 2. The highest BCUT2D eigenvalue weighted by Gasteiger charge is 2.27. The standard InChI is InChI=1S/C30H39O2P/c1-28(2,3)22-18-20-23(21-19-22)33(31-26-16-12-10-14-24(26)29(4,5)6)32-27-17-13-11-15-25(27)30(7,8)9/h10-21H,1-9H3. The van der Waals surface area contributed by atoms with Crippen LogP contribution >= 0.6 is 8.38 Å². The van der Waals surface area contributed by atoms with E-state index in [0.29, 0.717) is 0 Å². The average Bonchev–Trinajstić information content (AvgIpc) is 2.72. The van der Waals surface area contributed by atoms with E-state index in [-0.39, 0.29) is 16.2 Å². The van der Waals surface area contributed by atoms with Gasteiger partial charge in [-0.25, -0.2) is 0 Å². The molecule has 0 aliphatic heterocycles. The Kier molecular flexibility index (Phi) is 7.30. The Labute approximate surface area is 202 Å². The van der Waals surface area contributed by atoms with Crippen molar-refractivity contribution in [1.29, 1.82) is 0 Å². The van der Waals surface area contributed by atoms with E-state index in [0.717, 1.165) is 16.8 Å². The van der Waals surface area contributed by atoms with Crippen LogP contribution in [-0.4, -0.2) is 0 Å². The van der Waals surface area contributed by atoms with Gasteiger partial charge in [-0.15, -0.1) is 0 Å². The van der Waals surface area contributed by atoms with Crippen molar-refractivity contribution in [3.05, 3.63) is 89.5 Å². The van der Waals surface area contributed by atoms with E-state index in [2.05, 4.69) is 123 Å². The lowest BCUT2D eigenvalue weighted by Crippen LogP contribution is -2.18. The fraction of sp³-hybridized carbons (Fsp3) is 0.400. The Morgan fingerprint density at radius 3 is 1.24 bits per heavy atom. The van der Waals surface area contributed by atoms with Gasteiger partial charge in [0, 0.05) is 0 Å². The van der Waals surface area contributed by atoms with Crippen LogP contribution in [-0.2, 0) is 16.2 Å². The van der Waals surface area contributed by atoms with Gasteiger partial charge in [-0.2, -0.15) is 0 Å². The lowest BCUT2D eigenvalue weighted by Gasteiger charge is -2.28. The number of hydrogen-bond donors (Lipinski definition) is 0. The Morgan fingerprint density at radius 1 is 0.485 bits per heavy atom. The molecule has 0 aliphatic rings. The van der Waals surface area contributed by atoms with E-state index in [4.69, 9.17) is 9.05 Å². The summed E-state index contributed by atoms with van der Waals surface area (Å²) in [7, 11) is -1.38. The van der Waals surface area contributed by atoms with E-state index in [1.807, 2.05) is 12.1 Å². The summed E-state index contributed by atoms with van der Waals surface area (Å²) in [6.45, 7) is 20.0. The molecule has 3 rings (SSSR count).